The summed E-state index contributed by atoms with van der Waals surface area (Å²) in [6, 6.07) is 12.6. The molecule has 0 aliphatic rings. The second-order valence-corrected chi connectivity index (χ2v) is 8.62. The molecule has 2 rings (SSSR count). The van der Waals surface area contributed by atoms with E-state index in [-0.39, 0.29) is 5.75 Å². The van der Waals surface area contributed by atoms with Crippen LogP contribution in [0.2, 0.25) is 5.02 Å². The van der Waals surface area contributed by atoms with E-state index in [9.17, 15) is 16.8 Å². The minimum atomic E-state index is -3.70. The number of primary sulfonamides is 1. The van der Waals surface area contributed by atoms with Crippen molar-refractivity contribution in [3.05, 3.63) is 70.1 Å². The first-order chi connectivity index (χ1) is 11.1. The molecule has 2 aromatic carbocycles. The molecule has 0 unspecified atom stereocenters. The quantitative estimate of drug-likeness (QED) is 0.795. The van der Waals surface area contributed by atoms with Crippen LogP contribution in [-0.2, 0) is 25.8 Å². The predicted molar refractivity (Wildman–Crippen MR) is 96.3 cm³/mol. The molecule has 0 aromatic heterocycles. The zero-order chi connectivity index (χ0) is 17.8. The Morgan fingerprint density at radius 3 is 2.08 bits per heavy atom. The van der Waals surface area contributed by atoms with E-state index in [0.29, 0.717) is 21.8 Å². The van der Waals surface area contributed by atoms with Gasteiger partial charge in [-0.05, 0) is 41.5 Å². The second-order valence-electron chi connectivity index (χ2n) is 5.01. The number of hydrogen-bond acceptors (Lipinski definition) is 4. The van der Waals surface area contributed by atoms with Gasteiger partial charge in [-0.15, -0.1) is 0 Å². The first-order valence-corrected chi connectivity index (χ1v) is 10.3. The van der Waals surface area contributed by atoms with Crippen LogP contribution in [0.15, 0.2) is 53.9 Å². The van der Waals surface area contributed by atoms with Crippen molar-refractivity contribution < 1.29 is 16.8 Å². The summed E-state index contributed by atoms with van der Waals surface area (Å²) in [5, 5.41) is 6.55. The number of halogens is 1. The maximum Gasteiger partial charge on any atom is 0.255 e. The van der Waals surface area contributed by atoms with Gasteiger partial charge in [-0.25, -0.2) is 22.0 Å². The zero-order valence-corrected chi connectivity index (χ0v) is 14.8. The summed E-state index contributed by atoms with van der Waals surface area (Å²) in [5.74, 6) is -0.309. The van der Waals surface area contributed by atoms with E-state index in [1.807, 2.05) is 0 Å². The summed E-state index contributed by atoms with van der Waals surface area (Å²) in [5.41, 5.74) is 1.47. The second kappa shape index (κ2) is 7.35. The number of benzene rings is 2. The first kappa shape index (κ1) is 18.5. The van der Waals surface area contributed by atoms with Gasteiger partial charge in [-0.1, -0.05) is 35.9 Å². The molecule has 3 N–H and O–H groups in total. The molecule has 0 atom stereocenters. The SMILES string of the molecule is NS(=O)(=O)Cc1ccc(NS(=O)(=O)/C=C/c2ccc(Cl)cc2)cc1. The van der Waals surface area contributed by atoms with Crippen LogP contribution >= 0.6 is 11.6 Å². The molecule has 2 aromatic rings. The number of hydrogen-bond donors (Lipinski definition) is 2. The lowest BCUT2D eigenvalue weighted by atomic mass is 10.2. The van der Waals surface area contributed by atoms with E-state index in [4.69, 9.17) is 16.7 Å². The molecule has 0 spiro atoms. The normalized spacial score (nSPS) is 12.4. The van der Waals surface area contributed by atoms with Gasteiger partial charge in [0, 0.05) is 10.7 Å². The fourth-order valence-electron chi connectivity index (χ4n) is 1.84. The molecular formula is C15H15ClN2O4S2. The summed E-state index contributed by atoms with van der Waals surface area (Å²) in [4.78, 5) is 0. The molecule has 9 heteroatoms. The topological polar surface area (TPSA) is 106 Å². The van der Waals surface area contributed by atoms with Gasteiger partial charge >= 0.3 is 0 Å². The van der Waals surface area contributed by atoms with E-state index in [0.717, 1.165) is 5.41 Å². The van der Waals surface area contributed by atoms with Crippen LogP contribution in [0.1, 0.15) is 11.1 Å². The van der Waals surface area contributed by atoms with Crippen LogP contribution < -0.4 is 9.86 Å². The lowest BCUT2D eigenvalue weighted by Gasteiger charge is -2.06. The highest BCUT2D eigenvalue weighted by atomic mass is 35.5. The Balaban J connectivity index is 2.07. The van der Waals surface area contributed by atoms with Crippen molar-refractivity contribution >= 4 is 43.4 Å². The molecule has 0 amide bonds. The molecular weight excluding hydrogens is 372 g/mol. The molecule has 0 saturated carbocycles. The van der Waals surface area contributed by atoms with Crippen LogP contribution in [0.5, 0.6) is 0 Å². The monoisotopic (exact) mass is 386 g/mol. The van der Waals surface area contributed by atoms with E-state index >= 15 is 0 Å². The van der Waals surface area contributed by atoms with E-state index in [2.05, 4.69) is 4.72 Å². The summed E-state index contributed by atoms with van der Waals surface area (Å²) >= 11 is 5.76. The van der Waals surface area contributed by atoms with Crippen molar-refractivity contribution in [2.75, 3.05) is 4.72 Å². The van der Waals surface area contributed by atoms with Crippen molar-refractivity contribution in [3.8, 4) is 0 Å². The largest absolute Gasteiger partial charge is 0.280 e. The summed E-state index contributed by atoms with van der Waals surface area (Å²) < 4.78 is 48.4. The van der Waals surface area contributed by atoms with Crippen molar-refractivity contribution in [3.63, 3.8) is 0 Å². The fraction of sp³-hybridized carbons (Fsp3) is 0.0667. The van der Waals surface area contributed by atoms with Gasteiger partial charge in [0.05, 0.1) is 11.2 Å². The van der Waals surface area contributed by atoms with E-state index in [1.165, 1.54) is 30.3 Å². The third-order valence-corrected chi connectivity index (χ3v) is 4.89. The number of nitrogens with two attached hydrogens (primary N) is 1. The first-order valence-electron chi connectivity index (χ1n) is 6.69. The third kappa shape index (κ3) is 6.32. The Bertz CT molecular complexity index is 936. The van der Waals surface area contributed by atoms with Crippen LogP contribution in [0.25, 0.3) is 6.08 Å². The molecule has 24 heavy (non-hydrogen) atoms. The molecule has 128 valence electrons. The molecule has 0 aliphatic heterocycles. The highest BCUT2D eigenvalue weighted by Gasteiger charge is 2.08. The van der Waals surface area contributed by atoms with Crippen molar-refractivity contribution in [2.45, 2.75) is 5.75 Å². The number of rotatable bonds is 6. The highest BCUT2D eigenvalue weighted by Crippen LogP contribution is 2.15. The van der Waals surface area contributed by atoms with Gasteiger partial charge < -0.3 is 0 Å². The van der Waals surface area contributed by atoms with Gasteiger partial charge in [0.2, 0.25) is 10.0 Å². The Labute approximate surface area is 146 Å². The summed E-state index contributed by atoms with van der Waals surface area (Å²) in [6.07, 6.45) is 1.44. The molecule has 0 bridgehead atoms. The van der Waals surface area contributed by atoms with Crippen molar-refractivity contribution in [2.24, 2.45) is 5.14 Å². The molecule has 0 radical (unpaired) electrons. The smallest absolute Gasteiger partial charge is 0.255 e. The standard InChI is InChI=1S/C15H15ClN2O4S2/c16-14-5-1-12(2-6-14)9-10-24(21,22)18-15-7-3-13(4-8-15)11-23(17,19)20/h1-10,18H,11H2,(H2,17,19,20)/b10-9+. The van der Waals surface area contributed by atoms with Crippen LogP contribution in [0, 0.1) is 0 Å². The average molecular weight is 387 g/mol. The Morgan fingerprint density at radius 2 is 1.54 bits per heavy atom. The minimum Gasteiger partial charge on any atom is -0.280 e. The van der Waals surface area contributed by atoms with Gasteiger partial charge in [-0.2, -0.15) is 0 Å². The van der Waals surface area contributed by atoms with Gasteiger partial charge in [-0.3, -0.25) is 4.72 Å². The predicted octanol–water partition coefficient (Wildman–Crippen LogP) is 2.54. The maximum atomic E-state index is 12.0. The number of anilines is 1. The number of sulfonamides is 2. The Hall–Kier alpha value is -1.87. The fourth-order valence-corrected chi connectivity index (χ4v) is 3.49. The van der Waals surface area contributed by atoms with Gasteiger partial charge in [0.1, 0.15) is 0 Å². The summed E-state index contributed by atoms with van der Waals surface area (Å²) in [7, 11) is -7.32. The van der Waals surface area contributed by atoms with Crippen LogP contribution in [0.3, 0.4) is 0 Å². The van der Waals surface area contributed by atoms with E-state index < -0.39 is 20.0 Å². The lowest BCUT2D eigenvalue weighted by Crippen LogP contribution is -2.14. The van der Waals surface area contributed by atoms with Crippen molar-refractivity contribution in [1.82, 2.24) is 0 Å². The highest BCUT2D eigenvalue weighted by molar-refractivity contribution is 7.95. The Morgan fingerprint density at radius 1 is 0.958 bits per heavy atom. The molecule has 0 saturated heterocycles. The summed E-state index contributed by atoms with van der Waals surface area (Å²) in [6.45, 7) is 0. The maximum absolute atomic E-state index is 12.0. The Kier molecular flexibility index (Phi) is 5.66. The molecule has 0 heterocycles. The van der Waals surface area contributed by atoms with Crippen molar-refractivity contribution in [1.29, 1.82) is 0 Å². The van der Waals surface area contributed by atoms with Gasteiger partial charge in [0.25, 0.3) is 10.0 Å². The average Bonchev–Trinajstić information content (AvgIpc) is 2.47. The van der Waals surface area contributed by atoms with Crippen LogP contribution in [-0.4, -0.2) is 16.8 Å². The molecule has 0 fully saturated rings. The van der Waals surface area contributed by atoms with Crippen LogP contribution in [0.4, 0.5) is 5.69 Å². The molecule has 6 nitrogen and oxygen atoms in total. The lowest BCUT2D eigenvalue weighted by molar-refractivity contribution is 0.596. The minimum absolute atomic E-state index is 0.309. The zero-order valence-electron chi connectivity index (χ0n) is 12.4. The van der Waals surface area contributed by atoms with E-state index in [1.54, 1.807) is 24.3 Å². The van der Waals surface area contributed by atoms with Gasteiger partial charge in [0.15, 0.2) is 0 Å². The molecule has 0 aliphatic carbocycles. The number of nitrogens with one attached hydrogen (secondary N) is 1. The third-order valence-electron chi connectivity index (χ3n) is 2.89.